The van der Waals surface area contributed by atoms with Gasteiger partial charge in [-0.1, -0.05) is 28.1 Å². The van der Waals surface area contributed by atoms with Crippen LogP contribution in [0.2, 0.25) is 0 Å². The molecule has 1 aromatic rings. The minimum atomic E-state index is 0.397. The largest absolute Gasteiger partial charge is 0.330 e. The van der Waals surface area contributed by atoms with Crippen LogP contribution >= 0.6 is 15.9 Å². The molecule has 0 heterocycles. The van der Waals surface area contributed by atoms with Crippen molar-refractivity contribution in [2.24, 2.45) is 17.4 Å². The molecule has 0 bridgehead atoms. The van der Waals surface area contributed by atoms with E-state index in [1.165, 1.54) is 5.56 Å². The molecule has 4 N–H and O–H groups in total. The molecule has 72 valence electrons. The fourth-order valence-corrected chi connectivity index (χ4v) is 1.71. The number of benzene rings is 1. The molecule has 1 rings (SSSR count). The third kappa shape index (κ3) is 3.46. The molecular weight excluding hydrogens is 228 g/mol. The minimum Gasteiger partial charge on any atom is -0.330 e. The lowest BCUT2D eigenvalue weighted by atomic mass is 10.00. The van der Waals surface area contributed by atoms with Crippen molar-refractivity contribution in [3.8, 4) is 0 Å². The van der Waals surface area contributed by atoms with Crippen LogP contribution in [0.25, 0.3) is 0 Å². The van der Waals surface area contributed by atoms with E-state index in [-0.39, 0.29) is 0 Å². The number of rotatable bonds is 4. The third-order valence-corrected chi connectivity index (χ3v) is 2.57. The first-order valence-electron chi connectivity index (χ1n) is 4.41. The summed E-state index contributed by atoms with van der Waals surface area (Å²) in [4.78, 5) is 0. The summed E-state index contributed by atoms with van der Waals surface area (Å²) in [5, 5.41) is 0. The normalized spacial score (nSPS) is 10.8. The monoisotopic (exact) mass is 242 g/mol. The highest BCUT2D eigenvalue weighted by Crippen LogP contribution is 2.14. The molecule has 0 spiro atoms. The summed E-state index contributed by atoms with van der Waals surface area (Å²) in [7, 11) is 0. The second-order valence-corrected chi connectivity index (χ2v) is 4.09. The Hall–Kier alpha value is -0.380. The van der Waals surface area contributed by atoms with Gasteiger partial charge in [-0.15, -0.1) is 0 Å². The maximum absolute atomic E-state index is 5.58. The van der Waals surface area contributed by atoms with Gasteiger partial charge in [0.05, 0.1) is 0 Å². The van der Waals surface area contributed by atoms with Gasteiger partial charge in [0.25, 0.3) is 0 Å². The molecule has 0 unspecified atom stereocenters. The van der Waals surface area contributed by atoms with Gasteiger partial charge < -0.3 is 11.5 Å². The van der Waals surface area contributed by atoms with Crippen molar-refractivity contribution >= 4 is 15.9 Å². The van der Waals surface area contributed by atoms with E-state index in [4.69, 9.17) is 11.5 Å². The second kappa shape index (κ2) is 5.37. The van der Waals surface area contributed by atoms with Crippen LogP contribution in [0.1, 0.15) is 5.56 Å². The highest BCUT2D eigenvalue weighted by atomic mass is 79.9. The van der Waals surface area contributed by atoms with Gasteiger partial charge in [0.1, 0.15) is 0 Å². The molecule has 1 aromatic carbocycles. The lowest BCUT2D eigenvalue weighted by molar-refractivity contribution is 0.548. The quantitative estimate of drug-likeness (QED) is 0.842. The van der Waals surface area contributed by atoms with Gasteiger partial charge in [0.2, 0.25) is 0 Å². The Morgan fingerprint density at radius 2 is 1.92 bits per heavy atom. The van der Waals surface area contributed by atoms with Crippen LogP contribution < -0.4 is 11.5 Å². The molecule has 0 saturated heterocycles. The van der Waals surface area contributed by atoms with Crippen LogP contribution in [0, 0.1) is 5.92 Å². The van der Waals surface area contributed by atoms with Crippen LogP contribution in [-0.4, -0.2) is 13.1 Å². The zero-order valence-electron chi connectivity index (χ0n) is 7.54. The van der Waals surface area contributed by atoms with Crippen LogP contribution in [0.5, 0.6) is 0 Å². The maximum Gasteiger partial charge on any atom is 0.0177 e. The number of hydrogen-bond donors (Lipinski definition) is 2. The van der Waals surface area contributed by atoms with E-state index in [0.29, 0.717) is 19.0 Å². The molecule has 3 heteroatoms. The van der Waals surface area contributed by atoms with Crippen molar-refractivity contribution in [1.82, 2.24) is 0 Å². The Kier molecular flexibility index (Phi) is 4.42. The maximum atomic E-state index is 5.58. The smallest absolute Gasteiger partial charge is 0.0177 e. The Balaban J connectivity index is 2.62. The predicted octanol–water partition coefficient (Wildman–Crippen LogP) is 1.53. The van der Waals surface area contributed by atoms with Crippen molar-refractivity contribution in [3.05, 3.63) is 34.3 Å². The van der Waals surface area contributed by atoms with Crippen molar-refractivity contribution in [2.45, 2.75) is 6.42 Å². The second-order valence-electron chi connectivity index (χ2n) is 3.17. The molecular formula is C10H15BrN2. The first-order chi connectivity index (χ1) is 6.26. The van der Waals surface area contributed by atoms with Crippen LogP contribution in [-0.2, 0) is 6.42 Å². The number of hydrogen-bond acceptors (Lipinski definition) is 2. The lowest BCUT2D eigenvalue weighted by Gasteiger charge is -2.11. The van der Waals surface area contributed by atoms with Crippen LogP contribution in [0.4, 0.5) is 0 Å². The molecule has 0 radical (unpaired) electrons. The number of halogens is 1. The van der Waals surface area contributed by atoms with E-state index in [1.807, 2.05) is 12.1 Å². The van der Waals surface area contributed by atoms with Gasteiger partial charge >= 0.3 is 0 Å². The topological polar surface area (TPSA) is 52.0 Å². The average Bonchev–Trinajstić information content (AvgIpc) is 2.14. The van der Waals surface area contributed by atoms with E-state index < -0.39 is 0 Å². The molecule has 0 aliphatic heterocycles. The molecule has 0 saturated carbocycles. The zero-order chi connectivity index (χ0) is 9.68. The lowest BCUT2D eigenvalue weighted by Crippen LogP contribution is -2.25. The van der Waals surface area contributed by atoms with Crippen molar-refractivity contribution < 1.29 is 0 Å². The molecule has 0 atom stereocenters. The van der Waals surface area contributed by atoms with Crippen LogP contribution in [0.15, 0.2) is 28.7 Å². The highest BCUT2D eigenvalue weighted by molar-refractivity contribution is 9.10. The standard InChI is InChI=1S/C10H15BrN2/c11-10-3-1-2-8(5-10)4-9(6-12)7-13/h1-3,5,9H,4,6-7,12-13H2. The summed E-state index contributed by atoms with van der Waals surface area (Å²) < 4.78 is 1.11. The molecule has 0 fully saturated rings. The molecule has 0 aliphatic carbocycles. The van der Waals surface area contributed by atoms with E-state index in [0.717, 1.165) is 10.9 Å². The fraction of sp³-hybridized carbons (Fsp3) is 0.400. The van der Waals surface area contributed by atoms with Crippen LogP contribution in [0.3, 0.4) is 0 Å². The van der Waals surface area contributed by atoms with Gasteiger partial charge in [-0.25, -0.2) is 0 Å². The van der Waals surface area contributed by atoms with Gasteiger partial charge in [0.15, 0.2) is 0 Å². The van der Waals surface area contributed by atoms with Gasteiger partial charge in [-0.3, -0.25) is 0 Å². The zero-order valence-corrected chi connectivity index (χ0v) is 9.13. The van der Waals surface area contributed by atoms with E-state index in [1.54, 1.807) is 0 Å². The first kappa shape index (κ1) is 10.7. The summed E-state index contributed by atoms with van der Waals surface area (Å²) in [6.45, 7) is 1.31. The molecule has 0 aliphatic rings. The van der Waals surface area contributed by atoms with Gasteiger partial charge in [-0.05, 0) is 43.1 Å². The summed E-state index contributed by atoms with van der Waals surface area (Å²) in [6.07, 6.45) is 0.965. The Bertz CT molecular complexity index is 259. The average molecular weight is 243 g/mol. The Morgan fingerprint density at radius 3 is 2.46 bits per heavy atom. The SMILES string of the molecule is NCC(CN)Cc1cccc(Br)c1. The van der Waals surface area contributed by atoms with Crippen molar-refractivity contribution in [3.63, 3.8) is 0 Å². The molecule has 0 aromatic heterocycles. The summed E-state index contributed by atoms with van der Waals surface area (Å²) in [5.41, 5.74) is 12.4. The van der Waals surface area contributed by atoms with E-state index in [9.17, 15) is 0 Å². The summed E-state index contributed by atoms with van der Waals surface area (Å²) in [5.74, 6) is 0.397. The Morgan fingerprint density at radius 1 is 1.23 bits per heavy atom. The van der Waals surface area contributed by atoms with E-state index in [2.05, 4.69) is 28.1 Å². The predicted molar refractivity (Wildman–Crippen MR) is 59.4 cm³/mol. The molecule has 0 amide bonds. The fourth-order valence-electron chi connectivity index (χ4n) is 1.26. The number of nitrogens with two attached hydrogens (primary N) is 2. The van der Waals surface area contributed by atoms with Crippen molar-refractivity contribution in [1.29, 1.82) is 0 Å². The highest BCUT2D eigenvalue weighted by Gasteiger charge is 2.05. The molecule has 13 heavy (non-hydrogen) atoms. The van der Waals surface area contributed by atoms with Gasteiger partial charge in [-0.2, -0.15) is 0 Å². The first-order valence-corrected chi connectivity index (χ1v) is 5.20. The third-order valence-electron chi connectivity index (χ3n) is 2.08. The Labute approximate surface area is 87.4 Å². The van der Waals surface area contributed by atoms with E-state index >= 15 is 0 Å². The summed E-state index contributed by atoms with van der Waals surface area (Å²) in [6, 6.07) is 8.26. The van der Waals surface area contributed by atoms with Crippen molar-refractivity contribution in [2.75, 3.05) is 13.1 Å². The molecule has 2 nitrogen and oxygen atoms in total. The summed E-state index contributed by atoms with van der Waals surface area (Å²) >= 11 is 3.43. The minimum absolute atomic E-state index is 0.397. The van der Waals surface area contributed by atoms with Gasteiger partial charge in [0, 0.05) is 4.47 Å².